The summed E-state index contributed by atoms with van der Waals surface area (Å²) < 4.78 is 0. The maximum atomic E-state index is 5.53. The van der Waals surface area contributed by atoms with Crippen molar-refractivity contribution in [3.8, 4) is 0 Å². The molecule has 1 rings (SSSR count). The second-order valence-electron chi connectivity index (χ2n) is 2.60. The Balaban J connectivity index is 2.39. The molecule has 1 heterocycles. The van der Waals surface area contributed by atoms with E-state index < -0.39 is 0 Å². The highest BCUT2D eigenvalue weighted by Gasteiger charge is 2.15. The fraction of sp³-hybridized carbons (Fsp3) is 0.833. The van der Waals surface area contributed by atoms with E-state index in [1.807, 2.05) is 0 Å². The SMILES string of the molecule is NN=C(N)C1CCCNC1. The van der Waals surface area contributed by atoms with E-state index in [0.29, 0.717) is 11.8 Å². The van der Waals surface area contributed by atoms with Gasteiger partial charge in [-0.15, -0.1) is 0 Å². The van der Waals surface area contributed by atoms with Gasteiger partial charge in [-0.05, 0) is 19.4 Å². The zero-order valence-electron chi connectivity index (χ0n) is 6.01. The Kier molecular flexibility index (Phi) is 2.50. The van der Waals surface area contributed by atoms with E-state index in [9.17, 15) is 0 Å². The van der Waals surface area contributed by atoms with Gasteiger partial charge in [-0.25, -0.2) is 0 Å². The van der Waals surface area contributed by atoms with Crippen LogP contribution < -0.4 is 16.9 Å². The molecule has 0 aromatic heterocycles. The molecule has 1 fully saturated rings. The van der Waals surface area contributed by atoms with Gasteiger partial charge in [-0.2, -0.15) is 5.10 Å². The lowest BCUT2D eigenvalue weighted by atomic mass is 9.99. The van der Waals surface area contributed by atoms with Crippen LogP contribution in [0.3, 0.4) is 0 Å². The minimum atomic E-state index is 0.360. The predicted molar refractivity (Wildman–Crippen MR) is 41.4 cm³/mol. The molecule has 0 bridgehead atoms. The summed E-state index contributed by atoms with van der Waals surface area (Å²) in [4.78, 5) is 0. The van der Waals surface area contributed by atoms with Crippen LogP contribution in [0, 0.1) is 5.92 Å². The number of hydrogen-bond donors (Lipinski definition) is 3. The lowest BCUT2D eigenvalue weighted by Crippen LogP contribution is -2.38. The summed E-state index contributed by atoms with van der Waals surface area (Å²) >= 11 is 0. The molecule has 0 spiro atoms. The summed E-state index contributed by atoms with van der Waals surface area (Å²) in [5.74, 6) is 5.97. The lowest BCUT2D eigenvalue weighted by molar-refractivity contribution is 0.455. The van der Waals surface area contributed by atoms with Gasteiger partial charge in [0.25, 0.3) is 0 Å². The molecule has 0 aromatic rings. The number of rotatable bonds is 1. The van der Waals surface area contributed by atoms with Gasteiger partial charge in [-0.3, -0.25) is 0 Å². The smallest absolute Gasteiger partial charge is 0.123 e. The van der Waals surface area contributed by atoms with Crippen molar-refractivity contribution in [3.05, 3.63) is 0 Å². The quantitative estimate of drug-likeness (QED) is 0.194. The topological polar surface area (TPSA) is 76.4 Å². The highest BCUT2D eigenvalue weighted by Crippen LogP contribution is 2.08. The Morgan fingerprint density at radius 3 is 2.90 bits per heavy atom. The van der Waals surface area contributed by atoms with Crippen molar-refractivity contribution in [3.63, 3.8) is 0 Å². The first-order valence-corrected chi connectivity index (χ1v) is 3.58. The number of amidine groups is 1. The summed E-state index contributed by atoms with van der Waals surface area (Å²) in [5, 5.41) is 6.70. The van der Waals surface area contributed by atoms with E-state index in [1.54, 1.807) is 0 Å². The summed E-state index contributed by atoms with van der Waals surface area (Å²) in [6.45, 7) is 2.01. The van der Waals surface area contributed by atoms with Crippen molar-refractivity contribution in [1.29, 1.82) is 0 Å². The number of piperidine rings is 1. The average Bonchev–Trinajstić information content (AvgIpc) is 2.05. The number of nitrogens with zero attached hydrogens (tertiary/aromatic N) is 1. The zero-order valence-corrected chi connectivity index (χ0v) is 6.01. The minimum absolute atomic E-state index is 0.360. The van der Waals surface area contributed by atoms with Gasteiger partial charge < -0.3 is 16.9 Å². The molecule has 0 amide bonds. The molecule has 1 saturated heterocycles. The van der Waals surface area contributed by atoms with E-state index in [-0.39, 0.29) is 0 Å². The molecule has 58 valence electrons. The van der Waals surface area contributed by atoms with Crippen molar-refractivity contribution in [2.24, 2.45) is 22.6 Å². The van der Waals surface area contributed by atoms with Gasteiger partial charge in [0.15, 0.2) is 0 Å². The van der Waals surface area contributed by atoms with Gasteiger partial charge in [0, 0.05) is 12.5 Å². The van der Waals surface area contributed by atoms with Gasteiger partial charge >= 0.3 is 0 Å². The maximum Gasteiger partial charge on any atom is 0.123 e. The highest BCUT2D eigenvalue weighted by molar-refractivity contribution is 5.82. The molecule has 1 unspecified atom stereocenters. The van der Waals surface area contributed by atoms with Gasteiger partial charge in [0.2, 0.25) is 0 Å². The van der Waals surface area contributed by atoms with Crippen LogP contribution in [0.4, 0.5) is 0 Å². The third kappa shape index (κ3) is 1.60. The molecule has 4 heteroatoms. The Labute approximate surface area is 60.7 Å². The second-order valence-corrected chi connectivity index (χ2v) is 2.60. The normalized spacial score (nSPS) is 28.4. The monoisotopic (exact) mass is 142 g/mol. The molecular formula is C6H14N4. The number of nitrogens with two attached hydrogens (primary N) is 2. The molecule has 1 atom stereocenters. The summed E-state index contributed by atoms with van der Waals surface area (Å²) in [5.41, 5.74) is 5.53. The van der Waals surface area contributed by atoms with Crippen LogP contribution in [0.15, 0.2) is 5.10 Å². The number of hydrogen-bond acceptors (Lipinski definition) is 3. The van der Waals surface area contributed by atoms with Crippen LogP contribution in [-0.4, -0.2) is 18.9 Å². The van der Waals surface area contributed by atoms with E-state index in [0.717, 1.165) is 19.5 Å². The minimum Gasteiger partial charge on any atom is -0.385 e. The molecule has 0 saturated carbocycles. The zero-order chi connectivity index (χ0) is 7.40. The van der Waals surface area contributed by atoms with Crippen LogP contribution in [0.1, 0.15) is 12.8 Å². The lowest BCUT2D eigenvalue weighted by Gasteiger charge is -2.21. The van der Waals surface area contributed by atoms with Gasteiger partial charge in [-0.1, -0.05) is 0 Å². The van der Waals surface area contributed by atoms with Crippen molar-refractivity contribution in [2.45, 2.75) is 12.8 Å². The van der Waals surface area contributed by atoms with Crippen molar-refractivity contribution < 1.29 is 0 Å². The molecule has 1 aliphatic rings. The summed E-state index contributed by atoms with van der Waals surface area (Å²) in [7, 11) is 0. The first-order chi connectivity index (χ1) is 4.84. The van der Waals surface area contributed by atoms with E-state index >= 15 is 0 Å². The second kappa shape index (κ2) is 3.41. The molecule has 5 N–H and O–H groups in total. The van der Waals surface area contributed by atoms with Crippen molar-refractivity contribution in [1.82, 2.24) is 5.32 Å². The van der Waals surface area contributed by atoms with Crippen LogP contribution in [0.25, 0.3) is 0 Å². The number of nitrogens with one attached hydrogen (secondary N) is 1. The molecular weight excluding hydrogens is 128 g/mol. The first-order valence-electron chi connectivity index (χ1n) is 3.58. The molecule has 0 radical (unpaired) electrons. The van der Waals surface area contributed by atoms with Crippen LogP contribution in [0.2, 0.25) is 0 Å². The summed E-state index contributed by atoms with van der Waals surface area (Å²) in [6, 6.07) is 0. The van der Waals surface area contributed by atoms with Gasteiger partial charge in [0.05, 0.1) is 0 Å². The average molecular weight is 142 g/mol. The number of hydrazone groups is 1. The van der Waals surface area contributed by atoms with E-state index in [4.69, 9.17) is 11.6 Å². The largest absolute Gasteiger partial charge is 0.385 e. The molecule has 1 aliphatic heterocycles. The fourth-order valence-electron chi connectivity index (χ4n) is 1.21. The van der Waals surface area contributed by atoms with E-state index in [2.05, 4.69) is 10.4 Å². The first kappa shape index (κ1) is 7.34. The van der Waals surface area contributed by atoms with Crippen LogP contribution in [-0.2, 0) is 0 Å². The Morgan fingerprint density at radius 1 is 1.60 bits per heavy atom. The Bertz CT molecular complexity index is 126. The maximum absolute atomic E-state index is 5.53. The highest BCUT2D eigenvalue weighted by atomic mass is 15.2. The predicted octanol–water partition coefficient (Wildman–Crippen LogP) is -0.783. The van der Waals surface area contributed by atoms with E-state index in [1.165, 1.54) is 6.42 Å². The third-order valence-electron chi connectivity index (χ3n) is 1.86. The fourth-order valence-corrected chi connectivity index (χ4v) is 1.21. The molecule has 0 aliphatic carbocycles. The third-order valence-corrected chi connectivity index (χ3v) is 1.86. The van der Waals surface area contributed by atoms with Crippen molar-refractivity contribution >= 4 is 5.84 Å². The van der Waals surface area contributed by atoms with Crippen LogP contribution >= 0.6 is 0 Å². The molecule has 0 aromatic carbocycles. The molecule has 4 nitrogen and oxygen atoms in total. The standard InChI is InChI=1S/C6H14N4/c7-6(10-8)5-2-1-3-9-4-5/h5,9H,1-4,8H2,(H2,7,10). The molecule has 10 heavy (non-hydrogen) atoms. The van der Waals surface area contributed by atoms with Crippen LogP contribution in [0.5, 0.6) is 0 Å². The Hall–Kier alpha value is -0.770. The summed E-state index contributed by atoms with van der Waals surface area (Å²) in [6.07, 6.45) is 2.28. The van der Waals surface area contributed by atoms with Gasteiger partial charge in [0.1, 0.15) is 5.84 Å². The van der Waals surface area contributed by atoms with Crippen molar-refractivity contribution in [2.75, 3.05) is 13.1 Å². The Morgan fingerprint density at radius 2 is 2.40 bits per heavy atom.